The summed E-state index contributed by atoms with van der Waals surface area (Å²) in [4.78, 5) is 15.3. The molecule has 1 aromatic heterocycles. The van der Waals surface area contributed by atoms with E-state index in [1.807, 2.05) is 6.92 Å². The van der Waals surface area contributed by atoms with Gasteiger partial charge < -0.3 is 9.90 Å². The summed E-state index contributed by atoms with van der Waals surface area (Å²) in [5.74, 6) is -1.30. The predicted molar refractivity (Wildman–Crippen MR) is 89.6 cm³/mol. The van der Waals surface area contributed by atoms with Crippen LogP contribution in [0.4, 0.5) is 0 Å². The zero-order chi connectivity index (χ0) is 18.0. The number of carboxylic acid groups (broad SMARTS) is 1. The van der Waals surface area contributed by atoms with E-state index in [9.17, 15) is 18.3 Å². The Morgan fingerprint density at radius 3 is 2.48 bits per heavy atom. The minimum Gasteiger partial charge on any atom is -0.545 e. The summed E-state index contributed by atoms with van der Waals surface area (Å²) in [5.41, 5.74) is 1.81. The second-order valence-electron chi connectivity index (χ2n) is 5.62. The van der Waals surface area contributed by atoms with Gasteiger partial charge in [0.2, 0.25) is 0 Å². The maximum atomic E-state index is 12.8. The second-order valence-corrected chi connectivity index (χ2v) is 7.44. The lowest BCUT2D eigenvalue weighted by atomic mass is 10.0. The molecule has 0 spiro atoms. The van der Waals surface area contributed by atoms with Gasteiger partial charge >= 0.3 is 0 Å². The van der Waals surface area contributed by atoms with Crippen molar-refractivity contribution in [1.82, 2.24) is 8.96 Å². The van der Waals surface area contributed by atoms with E-state index >= 15 is 0 Å². The molecule has 0 saturated heterocycles. The molecule has 0 radical (unpaired) electrons. The van der Waals surface area contributed by atoms with Gasteiger partial charge in [-0.3, -0.25) is 0 Å². The van der Waals surface area contributed by atoms with E-state index in [4.69, 9.17) is 0 Å². The van der Waals surface area contributed by atoms with Gasteiger partial charge in [0, 0.05) is 18.2 Å². The van der Waals surface area contributed by atoms with Crippen molar-refractivity contribution in [1.29, 1.82) is 0 Å². The van der Waals surface area contributed by atoms with E-state index in [1.54, 1.807) is 30.3 Å². The molecule has 2 aromatic carbocycles. The molecule has 25 heavy (non-hydrogen) atoms. The number of aryl methyl sites for hydroxylation is 1. The van der Waals surface area contributed by atoms with Gasteiger partial charge in [0.15, 0.2) is 0 Å². The normalized spacial score (nSPS) is 11.4. The first-order valence-electron chi connectivity index (χ1n) is 7.52. The maximum absolute atomic E-state index is 12.8. The van der Waals surface area contributed by atoms with E-state index in [0.29, 0.717) is 11.3 Å². The number of carbonyl (C=O) groups is 1. The van der Waals surface area contributed by atoms with Crippen LogP contribution in [-0.2, 0) is 16.4 Å². The first kappa shape index (κ1) is 16.9. The Hall–Kier alpha value is -2.93. The zero-order valence-corrected chi connectivity index (χ0v) is 14.2. The van der Waals surface area contributed by atoms with Gasteiger partial charge in [-0.25, -0.2) is 17.4 Å². The number of hydrogen-bond acceptors (Lipinski definition) is 5. The van der Waals surface area contributed by atoms with Crippen molar-refractivity contribution in [3.05, 3.63) is 83.4 Å². The Kier molecular flexibility index (Phi) is 4.41. The predicted octanol–water partition coefficient (Wildman–Crippen LogP) is 1.38. The summed E-state index contributed by atoms with van der Waals surface area (Å²) in [7, 11) is -3.81. The first-order valence-corrected chi connectivity index (χ1v) is 8.96. The Labute approximate surface area is 145 Å². The number of aromatic nitrogens is 2. The molecule has 7 heteroatoms. The summed E-state index contributed by atoms with van der Waals surface area (Å²) in [6.07, 6.45) is 2.74. The van der Waals surface area contributed by atoms with E-state index in [0.717, 1.165) is 9.54 Å². The Morgan fingerprint density at radius 2 is 1.80 bits per heavy atom. The fraction of sp³-hybridized carbons (Fsp3) is 0.111. The molecule has 1 heterocycles. The molecule has 0 bridgehead atoms. The molecule has 0 unspecified atom stereocenters. The minimum absolute atomic E-state index is 0.0305. The van der Waals surface area contributed by atoms with Crippen molar-refractivity contribution in [3.63, 3.8) is 0 Å². The highest BCUT2D eigenvalue weighted by molar-refractivity contribution is 7.90. The van der Waals surface area contributed by atoms with Crippen molar-refractivity contribution in [3.8, 4) is 0 Å². The van der Waals surface area contributed by atoms with Crippen LogP contribution < -0.4 is 5.11 Å². The van der Waals surface area contributed by atoms with Gasteiger partial charge in [0.25, 0.3) is 10.0 Å². The number of hydrogen-bond donors (Lipinski definition) is 0. The molecule has 0 N–H and O–H groups in total. The number of aromatic carboxylic acids is 1. The van der Waals surface area contributed by atoms with Crippen LogP contribution in [0.1, 0.15) is 27.2 Å². The highest BCUT2D eigenvalue weighted by atomic mass is 32.2. The number of rotatable bonds is 5. The SMILES string of the molecule is Cc1ccc(S(=O)(=O)n2cncc2Cc2ccccc2C(=O)[O-])cc1. The number of benzene rings is 2. The first-order chi connectivity index (χ1) is 11.9. The van der Waals surface area contributed by atoms with E-state index < -0.39 is 16.0 Å². The molecular formula is C18H15N2O4S-. The molecule has 3 aromatic rings. The van der Waals surface area contributed by atoms with Crippen LogP contribution >= 0.6 is 0 Å². The standard InChI is InChI=1S/C18H16N2O4S/c1-13-6-8-16(9-7-13)25(23,24)20-12-19-11-15(20)10-14-4-2-3-5-17(14)18(21)22/h2-9,11-12H,10H2,1H3,(H,21,22)/p-1. The average Bonchev–Trinajstić information content (AvgIpc) is 3.04. The van der Waals surface area contributed by atoms with Crippen LogP contribution in [0.5, 0.6) is 0 Å². The fourth-order valence-electron chi connectivity index (χ4n) is 2.54. The van der Waals surface area contributed by atoms with Crippen molar-refractivity contribution < 1.29 is 18.3 Å². The Morgan fingerprint density at radius 1 is 1.12 bits per heavy atom. The molecule has 3 rings (SSSR count). The number of imidazole rings is 1. The molecule has 128 valence electrons. The summed E-state index contributed by atoms with van der Waals surface area (Å²) in [6.45, 7) is 1.87. The molecule has 0 saturated carbocycles. The van der Waals surface area contributed by atoms with Crippen LogP contribution in [0.3, 0.4) is 0 Å². The number of carbonyl (C=O) groups excluding carboxylic acids is 1. The summed E-state index contributed by atoms with van der Waals surface area (Å²) in [6, 6.07) is 12.8. The van der Waals surface area contributed by atoms with Gasteiger partial charge in [0.1, 0.15) is 6.33 Å². The highest BCUT2D eigenvalue weighted by Gasteiger charge is 2.20. The summed E-state index contributed by atoms with van der Waals surface area (Å²) < 4.78 is 26.7. The van der Waals surface area contributed by atoms with Crippen molar-refractivity contribution in [2.45, 2.75) is 18.2 Å². The fourth-order valence-corrected chi connectivity index (χ4v) is 3.85. The third kappa shape index (κ3) is 3.32. The van der Waals surface area contributed by atoms with Crippen LogP contribution in [0.25, 0.3) is 0 Å². The quantitative estimate of drug-likeness (QED) is 0.689. The van der Waals surface area contributed by atoms with Crippen molar-refractivity contribution in [2.75, 3.05) is 0 Å². The van der Waals surface area contributed by atoms with E-state index in [1.165, 1.54) is 30.7 Å². The molecule has 0 fully saturated rings. The van der Waals surface area contributed by atoms with Crippen molar-refractivity contribution >= 4 is 16.0 Å². The van der Waals surface area contributed by atoms with Crippen molar-refractivity contribution in [2.24, 2.45) is 0 Å². The lowest BCUT2D eigenvalue weighted by Gasteiger charge is -2.12. The highest BCUT2D eigenvalue weighted by Crippen LogP contribution is 2.19. The molecule has 0 aliphatic rings. The van der Waals surface area contributed by atoms with Gasteiger partial charge in [0.05, 0.1) is 16.6 Å². The van der Waals surface area contributed by atoms with Gasteiger partial charge in [-0.2, -0.15) is 0 Å². The third-order valence-electron chi connectivity index (χ3n) is 3.86. The van der Waals surface area contributed by atoms with Gasteiger partial charge in [-0.05, 0) is 24.6 Å². The molecular weight excluding hydrogens is 340 g/mol. The van der Waals surface area contributed by atoms with E-state index in [-0.39, 0.29) is 16.9 Å². The van der Waals surface area contributed by atoms with E-state index in [2.05, 4.69) is 4.98 Å². The molecule has 0 aliphatic heterocycles. The van der Waals surface area contributed by atoms with Crippen LogP contribution in [-0.4, -0.2) is 23.3 Å². The zero-order valence-electron chi connectivity index (χ0n) is 13.4. The van der Waals surface area contributed by atoms with Gasteiger partial charge in [-0.15, -0.1) is 0 Å². The lowest BCUT2D eigenvalue weighted by molar-refractivity contribution is -0.255. The molecule has 0 amide bonds. The summed E-state index contributed by atoms with van der Waals surface area (Å²) >= 11 is 0. The second kappa shape index (κ2) is 6.52. The Bertz CT molecular complexity index is 1020. The van der Waals surface area contributed by atoms with Gasteiger partial charge in [-0.1, -0.05) is 42.0 Å². The summed E-state index contributed by atoms with van der Waals surface area (Å²) in [5, 5.41) is 11.2. The Balaban J connectivity index is 2.02. The average molecular weight is 355 g/mol. The smallest absolute Gasteiger partial charge is 0.269 e. The molecule has 0 aliphatic carbocycles. The third-order valence-corrected chi connectivity index (χ3v) is 5.58. The largest absolute Gasteiger partial charge is 0.545 e. The lowest BCUT2D eigenvalue weighted by Crippen LogP contribution is -2.24. The maximum Gasteiger partial charge on any atom is 0.269 e. The van der Waals surface area contributed by atoms with Crippen LogP contribution in [0, 0.1) is 6.92 Å². The molecule has 6 nitrogen and oxygen atoms in total. The monoisotopic (exact) mass is 355 g/mol. The number of nitrogens with zero attached hydrogens (tertiary/aromatic N) is 2. The minimum atomic E-state index is -3.81. The number of carboxylic acids is 1. The topological polar surface area (TPSA) is 92.1 Å². The van der Waals surface area contributed by atoms with Crippen LogP contribution in [0.2, 0.25) is 0 Å². The van der Waals surface area contributed by atoms with Crippen LogP contribution in [0.15, 0.2) is 66.0 Å². The molecule has 0 atom stereocenters.